The van der Waals surface area contributed by atoms with Crippen LogP contribution in [0.15, 0.2) is 0 Å². The third-order valence-corrected chi connectivity index (χ3v) is 7.21. The SMILES string of the molecule is CCCCN(C(=O)NCCN(C)C)C(=O)[C@@H]1C[C@@H]2CCCCCCCCC[C@H]2N(C)C1. The van der Waals surface area contributed by atoms with Crippen LogP contribution < -0.4 is 5.32 Å². The number of imide groups is 1. The molecule has 180 valence electrons. The van der Waals surface area contributed by atoms with E-state index in [9.17, 15) is 9.59 Å². The highest BCUT2D eigenvalue weighted by atomic mass is 16.2. The second kappa shape index (κ2) is 14.1. The molecule has 6 nitrogen and oxygen atoms in total. The summed E-state index contributed by atoms with van der Waals surface area (Å²) in [7, 11) is 6.17. The van der Waals surface area contributed by atoms with Crippen molar-refractivity contribution < 1.29 is 9.59 Å². The lowest BCUT2D eigenvalue weighted by Gasteiger charge is -2.43. The van der Waals surface area contributed by atoms with Crippen molar-refractivity contribution in [3.63, 3.8) is 0 Å². The summed E-state index contributed by atoms with van der Waals surface area (Å²) in [6.45, 7) is 4.76. The summed E-state index contributed by atoms with van der Waals surface area (Å²) in [5, 5.41) is 2.96. The van der Waals surface area contributed by atoms with E-state index < -0.39 is 0 Å². The van der Waals surface area contributed by atoms with Crippen LogP contribution in [0.3, 0.4) is 0 Å². The lowest BCUT2D eigenvalue weighted by molar-refractivity contribution is -0.136. The van der Waals surface area contributed by atoms with Gasteiger partial charge in [0, 0.05) is 32.2 Å². The summed E-state index contributed by atoms with van der Waals surface area (Å²) in [6.07, 6.45) is 14.6. The van der Waals surface area contributed by atoms with E-state index in [1.165, 1.54) is 62.7 Å². The Bertz CT molecular complexity index is 540. The Labute approximate surface area is 191 Å². The molecule has 1 N–H and O–H groups in total. The zero-order valence-electron chi connectivity index (χ0n) is 20.7. The molecule has 1 aliphatic carbocycles. The molecule has 2 fully saturated rings. The molecule has 0 radical (unpaired) electrons. The molecule has 1 saturated heterocycles. The number of unbranched alkanes of at least 4 members (excludes halogenated alkanes) is 1. The standard InChI is InChI=1S/C25H48N4O2/c1-5-6-17-29(25(31)26-16-18-27(2)3)24(30)22-19-21-14-12-10-8-7-9-11-13-15-23(21)28(4)20-22/h21-23H,5-20H2,1-4H3,(H,26,31)/t21-,22+,23+/m0/s1. The van der Waals surface area contributed by atoms with Crippen molar-refractivity contribution in [1.29, 1.82) is 0 Å². The monoisotopic (exact) mass is 436 g/mol. The Morgan fingerprint density at radius 3 is 2.26 bits per heavy atom. The highest BCUT2D eigenvalue weighted by Gasteiger charge is 2.39. The normalized spacial score (nSPS) is 26.0. The number of amides is 3. The molecule has 0 unspecified atom stereocenters. The maximum Gasteiger partial charge on any atom is 0.324 e. The largest absolute Gasteiger partial charge is 0.336 e. The van der Waals surface area contributed by atoms with E-state index in [-0.39, 0.29) is 17.9 Å². The van der Waals surface area contributed by atoms with Crippen molar-refractivity contribution in [3.05, 3.63) is 0 Å². The van der Waals surface area contributed by atoms with Gasteiger partial charge in [0.15, 0.2) is 0 Å². The number of hydrogen-bond acceptors (Lipinski definition) is 4. The predicted octanol–water partition coefficient (Wildman–Crippen LogP) is 4.35. The third-order valence-electron chi connectivity index (χ3n) is 7.21. The number of likely N-dealkylation sites (N-methyl/N-ethyl adjacent to an activating group) is 1. The molecule has 0 spiro atoms. The van der Waals surface area contributed by atoms with Gasteiger partial charge in [0.2, 0.25) is 5.91 Å². The van der Waals surface area contributed by atoms with E-state index in [4.69, 9.17) is 0 Å². The van der Waals surface area contributed by atoms with E-state index in [1.54, 1.807) is 0 Å². The second-order valence-corrected chi connectivity index (χ2v) is 10.1. The fourth-order valence-corrected chi connectivity index (χ4v) is 5.36. The van der Waals surface area contributed by atoms with Gasteiger partial charge in [0.05, 0.1) is 5.92 Å². The van der Waals surface area contributed by atoms with Crippen LogP contribution in [0.4, 0.5) is 4.79 Å². The summed E-state index contributed by atoms with van der Waals surface area (Å²) in [4.78, 5) is 32.4. The summed E-state index contributed by atoms with van der Waals surface area (Å²) in [5.41, 5.74) is 0. The van der Waals surface area contributed by atoms with E-state index >= 15 is 0 Å². The molecule has 2 rings (SSSR count). The Morgan fingerprint density at radius 2 is 1.61 bits per heavy atom. The summed E-state index contributed by atoms with van der Waals surface area (Å²) >= 11 is 0. The number of likely N-dealkylation sites (tertiary alicyclic amines) is 1. The molecular formula is C25H48N4O2. The average Bonchev–Trinajstić information content (AvgIpc) is 2.78. The van der Waals surface area contributed by atoms with Gasteiger partial charge in [-0.2, -0.15) is 0 Å². The van der Waals surface area contributed by atoms with Gasteiger partial charge in [-0.3, -0.25) is 9.69 Å². The minimum atomic E-state index is -0.215. The van der Waals surface area contributed by atoms with Crippen molar-refractivity contribution in [1.82, 2.24) is 20.0 Å². The first kappa shape index (κ1) is 26.1. The third kappa shape index (κ3) is 8.72. The van der Waals surface area contributed by atoms with Crippen LogP contribution in [0, 0.1) is 11.8 Å². The number of nitrogens with zero attached hydrogens (tertiary/aromatic N) is 3. The van der Waals surface area contributed by atoms with Crippen molar-refractivity contribution in [3.8, 4) is 0 Å². The Hall–Kier alpha value is -1.14. The number of hydrogen-bond donors (Lipinski definition) is 1. The highest BCUT2D eigenvalue weighted by Crippen LogP contribution is 2.35. The molecule has 6 heteroatoms. The second-order valence-electron chi connectivity index (χ2n) is 10.1. The van der Waals surface area contributed by atoms with Crippen LogP contribution in [0.2, 0.25) is 0 Å². The molecule has 0 aromatic rings. The summed E-state index contributed by atoms with van der Waals surface area (Å²) < 4.78 is 0. The molecule has 3 amide bonds. The lowest BCUT2D eigenvalue weighted by Crippen LogP contribution is -2.54. The molecule has 1 aliphatic heterocycles. The first-order valence-corrected chi connectivity index (χ1v) is 12.9. The molecule has 0 bridgehead atoms. The maximum absolute atomic E-state index is 13.5. The Balaban J connectivity index is 2.04. The molecular weight excluding hydrogens is 388 g/mol. The molecule has 1 heterocycles. The van der Waals surface area contributed by atoms with Gasteiger partial charge in [-0.05, 0) is 52.7 Å². The van der Waals surface area contributed by atoms with Gasteiger partial charge < -0.3 is 15.1 Å². The number of urea groups is 1. The number of carbonyl (C=O) groups excluding carboxylic acids is 2. The molecule has 2 aliphatic rings. The predicted molar refractivity (Wildman–Crippen MR) is 128 cm³/mol. The van der Waals surface area contributed by atoms with Gasteiger partial charge in [0.1, 0.15) is 0 Å². The van der Waals surface area contributed by atoms with Crippen molar-refractivity contribution in [2.45, 2.75) is 90.0 Å². The minimum absolute atomic E-state index is 0.0374. The van der Waals surface area contributed by atoms with Crippen LogP contribution >= 0.6 is 0 Å². The van der Waals surface area contributed by atoms with Gasteiger partial charge >= 0.3 is 6.03 Å². The van der Waals surface area contributed by atoms with Crippen LogP contribution in [0.1, 0.15) is 84.0 Å². The molecule has 1 saturated carbocycles. The maximum atomic E-state index is 13.5. The molecule has 31 heavy (non-hydrogen) atoms. The molecule has 3 atom stereocenters. The zero-order chi connectivity index (χ0) is 22.6. The fourth-order valence-electron chi connectivity index (χ4n) is 5.36. The number of rotatable bonds is 7. The summed E-state index contributed by atoms with van der Waals surface area (Å²) in [5.74, 6) is 0.555. The van der Waals surface area contributed by atoms with Gasteiger partial charge in [-0.15, -0.1) is 0 Å². The van der Waals surface area contributed by atoms with Crippen LogP contribution in [0.5, 0.6) is 0 Å². The highest BCUT2D eigenvalue weighted by molar-refractivity contribution is 5.95. The van der Waals surface area contributed by atoms with Crippen LogP contribution in [-0.4, -0.2) is 80.0 Å². The van der Waals surface area contributed by atoms with Crippen LogP contribution in [-0.2, 0) is 4.79 Å². The minimum Gasteiger partial charge on any atom is -0.336 e. The Kier molecular flexibility index (Phi) is 11.9. The summed E-state index contributed by atoms with van der Waals surface area (Å²) in [6, 6.07) is 0.382. The quantitative estimate of drug-likeness (QED) is 0.645. The van der Waals surface area contributed by atoms with E-state index in [1.807, 2.05) is 19.0 Å². The topological polar surface area (TPSA) is 55.9 Å². The van der Waals surface area contributed by atoms with E-state index in [0.29, 0.717) is 25.0 Å². The molecule has 0 aromatic heterocycles. The van der Waals surface area contributed by atoms with Crippen LogP contribution in [0.25, 0.3) is 0 Å². The van der Waals surface area contributed by atoms with Crippen molar-refractivity contribution in [2.75, 3.05) is 47.3 Å². The Morgan fingerprint density at radius 1 is 0.968 bits per heavy atom. The zero-order valence-corrected chi connectivity index (χ0v) is 20.7. The number of fused-ring (bicyclic) bond motifs is 1. The van der Waals surface area contributed by atoms with E-state index in [2.05, 4.69) is 24.2 Å². The lowest BCUT2D eigenvalue weighted by atomic mass is 9.78. The van der Waals surface area contributed by atoms with E-state index in [0.717, 1.165) is 32.4 Å². The number of carbonyl (C=O) groups is 2. The number of piperidine rings is 1. The fraction of sp³-hybridized carbons (Fsp3) is 0.920. The van der Waals surface area contributed by atoms with Crippen molar-refractivity contribution >= 4 is 11.9 Å². The molecule has 0 aromatic carbocycles. The van der Waals surface area contributed by atoms with Gasteiger partial charge in [-0.1, -0.05) is 58.3 Å². The van der Waals surface area contributed by atoms with Gasteiger partial charge in [0.25, 0.3) is 0 Å². The van der Waals surface area contributed by atoms with Gasteiger partial charge in [-0.25, -0.2) is 4.79 Å². The first-order chi connectivity index (χ1) is 14.9. The number of nitrogens with one attached hydrogen (secondary N) is 1. The first-order valence-electron chi connectivity index (χ1n) is 12.9. The van der Waals surface area contributed by atoms with Crippen molar-refractivity contribution in [2.24, 2.45) is 11.8 Å². The average molecular weight is 437 g/mol. The smallest absolute Gasteiger partial charge is 0.324 e.